The summed E-state index contributed by atoms with van der Waals surface area (Å²) < 4.78 is 5.53. The Balaban J connectivity index is 2.26. The van der Waals surface area contributed by atoms with Crippen LogP contribution in [0.15, 0.2) is 0 Å². The van der Waals surface area contributed by atoms with E-state index in [4.69, 9.17) is 4.74 Å². The SMILES string of the molecule is CCCCCCCCCCCOC(=O)C(C)(CC)CC(C)C(=O)Nc1nn[nH]n1. The molecule has 0 saturated heterocycles. The number of aromatic amines is 1. The molecule has 1 amide bonds. The lowest BCUT2D eigenvalue weighted by Gasteiger charge is -2.28. The van der Waals surface area contributed by atoms with E-state index in [0.29, 0.717) is 19.4 Å². The van der Waals surface area contributed by atoms with Crippen molar-refractivity contribution in [2.45, 2.75) is 98.3 Å². The van der Waals surface area contributed by atoms with Crippen molar-refractivity contribution in [3.63, 3.8) is 0 Å². The molecular weight excluding hydrogens is 370 g/mol. The molecule has 0 fully saturated rings. The Morgan fingerprint density at radius 2 is 1.69 bits per heavy atom. The third-order valence-electron chi connectivity index (χ3n) is 5.54. The first-order chi connectivity index (χ1) is 13.9. The molecule has 1 aromatic rings. The summed E-state index contributed by atoms with van der Waals surface area (Å²) in [7, 11) is 0. The smallest absolute Gasteiger partial charge is 0.311 e. The van der Waals surface area contributed by atoms with Crippen LogP contribution in [0.2, 0.25) is 0 Å². The third-order valence-corrected chi connectivity index (χ3v) is 5.54. The maximum Gasteiger partial charge on any atom is 0.311 e. The molecular formula is C21H39N5O3. The van der Waals surface area contributed by atoms with Gasteiger partial charge in [0.25, 0.3) is 5.95 Å². The summed E-state index contributed by atoms with van der Waals surface area (Å²) in [5, 5.41) is 15.7. The van der Waals surface area contributed by atoms with E-state index >= 15 is 0 Å². The molecule has 0 spiro atoms. The van der Waals surface area contributed by atoms with E-state index in [-0.39, 0.29) is 23.7 Å². The first-order valence-electron chi connectivity index (χ1n) is 11.1. The Bertz CT molecular complexity index is 579. The van der Waals surface area contributed by atoms with Crippen molar-refractivity contribution in [3.05, 3.63) is 0 Å². The second-order valence-corrected chi connectivity index (χ2v) is 8.21. The number of H-pyrrole nitrogens is 1. The number of hydrogen-bond acceptors (Lipinski definition) is 6. The van der Waals surface area contributed by atoms with Gasteiger partial charge in [-0.2, -0.15) is 5.21 Å². The van der Waals surface area contributed by atoms with Crippen LogP contribution in [0, 0.1) is 11.3 Å². The van der Waals surface area contributed by atoms with E-state index in [1.807, 2.05) is 13.8 Å². The Morgan fingerprint density at radius 3 is 2.24 bits per heavy atom. The molecule has 29 heavy (non-hydrogen) atoms. The highest BCUT2D eigenvalue weighted by Crippen LogP contribution is 2.32. The molecule has 8 heteroatoms. The number of amides is 1. The summed E-state index contributed by atoms with van der Waals surface area (Å²) in [6.07, 6.45) is 12.1. The number of anilines is 1. The van der Waals surface area contributed by atoms with Gasteiger partial charge in [-0.25, -0.2) is 0 Å². The quantitative estimate of drug-likeness (QED) is 0.304. The van der Waals surface area contributed by atoms with Gasteiger partial charge in [-0.3, -0.25) is 14.9 Å². The number of carbonyl (C=O) groups excluding carboxylic acids is 2. The third kappa shape index (κ3) is 9.85. The molecule has 0 aliphatic carbocycles. The van der Waals surface area contributed by atoms with Gasteiger partial charge in [0.05, 0.1) is 12.0 Å². The molecule has 1 rings (SSSR count). The Labute approximate surface area is 174 Å². The number of tetrazole rings is 1. The number of ether oxygens (including phenoxy) is 1. The predicted molar refractivity (Wildman–Crippen MR) is 113 cm³/mol. The van der Waals surface area contributed by atoms with Crippen molar-refractivity contribution in [1.82, 2.24) is 20.6 Å². The van der Waals surface area contributed by atoms with E-state index in [0.717, 1.165) is 12.8 Å². The van der Waals surface area contributed by atoms with Gasteiger partial charge in [-0.1, -0.05) is 77.2 Å². The summed E-state index contributed by atoms with van der Waals surface area (Å²) in [4.78, 5) is 24.9. The topological polar surface area (TPSA) is 110 Å². The predicted octanol–water partition coefficient (Wildman–Crippen LogP) is 4.65. The van der Waals surface area contributed by atoms with Crippen molar-refractivity contribution >= 4 is 17.8 Å². The average Bonchev–Trinajstić information content (AvgIpc) is 3.22. The second kappa shape index (κ2) is 14.1. The largest absolute Gasteiger partial charge is 0.465 e. The molecule has 166 valence electrons. The minimum Gasteiger partial charge on any atom is -0.465 e. The first kappa shape index (κ1) is 25.0. The molecule has 0 saturated carbocycles. The van der Waals surface area contributed by atoms with E-state index in [1.165, 1.54) is 44.9 Å². The molecule has 2 atom stereocenters. The van der Waals surface area contributed by atoms with Gasteiger partial charge < -0.3 is 4.74 Å². The minimum atomic E-state index is -0.687. The van der Waals surface area contributed by atoms with Crippen molar-refractivity contribution in [2.75, 3.05) is 11.9 Å². The Morgan fingerprint density at radius 1 is 1.07 bits per heavy atom. The monoisotopic (exact) mass is 409 g/mol. The zero-order chi connectivity index (χ0) is 21.5. The van der Waals surface area contributed by atoms with E-state index in [1.54, 1.807) is 6.92 Å². The van der Waals surface area contributed by atoms with E-state index in [9.17, 15) is 9.59 Å². The fourth-order valence-corrected chi connectivity index (χ4v) is 3.34. The zero-order valence-corrected chi connectivity index (χ0v) is 18.6. The normalized spacial score (nSPS) is 14.2. The molecule has 1 aromatic heterocycles. The van der Waals surface area contributed by atoms with Gasteiger partial charge in [-0.05, 0) is 31.4 Å². The number of nitrogens with zero attached hydrogens (tertiary/aromatic N) is 3. The highest BCUT2D eigenvalue weighted by molar-refractivity contribution is 5.91. The number of nitrogens with one attached hydrogen (secondary N) is 2. The van der Waals surface area contributed by atoms with Crippen LogP contribution in [0.5, 0.6) is 0 Å². The molecule has 2 N–H and O–H groups in total. The van der Waals surface area contributed by atoms with Gasteiger partial charge >= 0.3 is 5.97 Å². The molecule has 0 radical (unpaired) electrons. The fourth-order valence-electron chi connectivity index (χ4n) is 3.34. The molecule has 2 unspecified atom stereocenters. The Hall–Kier alpha value is -1.99. The Kier molecular flexibility index (Phi) is 12.1. The standard InChI is InChI=1S/C21H39N5O3/c1-5-7-8-9-10-11-12-13-14-15-29-19(28)21(4,6-2)16-17(3)18(27)22-20-23-25-26-24-20/h17H,5-16H2,1-4H3,(H2,22,23,24,25,26,27). The zero-order valence-electron chi connectivity index (χ0n) is 18.6. The second-order valence-electron chi connectivity index (χ2n) is 8.21. The fraction of sp³-hybridized carbons (Fsp3) is 0.857. The van der Waals surface area contributed by atoms with E-state index in [2.05, 4.69) is 32.9 Å². The molecule has 0 aromatic carbocycles. The van der Waals surface area contributed by atoms with Crippen molar-refractivity contribution in [2.24, 2.45) is 11.3 Å². The first-order valence-corrected chi connectivity index (χ1v) is 11.1. The van der Waals surface area contributed by atoms with Gasteiger partial charge in [-0.15, -0.1) is 5.10 Å². The number of esters is 1. The molecule has 0 aliphatic rings. The molecule has 0 bridgehead atoms. The summed E-state index contributed by atoms with van der Waals surface area (Å²) in [5.41, 5.74) is -0.687. The summed E-state index contributed by atoms with van der Waals surface area (Å²) in [6, 6.07) is 0. The average molecular weight is 410 g/mol. The minimum absolute atomic E-state index is 0.132. The van der Waals surface area contributed by atoms with Gasteiger partial charge in [0.1, 0.15) is 0 Å². The maximum absolute atomic E-state index is 12.6. The number of carbonyl (C=O) groups is 2. The van der Waals surface area contributed by atoms with Crippen molar-refractivity contribution < 1.29 is 14.3 Å². The molecule has 1 heterocycles. The summed E-state index contributed by atoms with van der Waals surface area (Å²) in [6.45, 7) is 8.29. The van der Waals surface area contributed by atoms with E-state index < -0.39 is 5.41 Å². The van der Waals surface area contributed by atoms with Crippen LogP contribution in [-0.2, 0) is 14.3 Å². The number of hydrogen-bond donors (Lipinski definition) is 2. The van der Waals surface area contributed by atoms with Gasteiger partial charge in [0, 0.05) is 5.92 Å². The number of unbranched alkanes of at least 4 members (excludes halogenated alkanes) is 8. The van der Waals surface area contributed by atoms with Crippen molar-refractivity contribution in [1.29, 1.82) is 0 Å². The van der Waals surface area contributed by atoms with Crippen LogP contribution in [0.25, 0.3) is 0 Å². The lowest BCUT2D eigenvalue weighted by molar-refractivity contribution is -0.156. The summed E-state index contributed by atoms with van der Waals surface area (Å²) >= 11 is 0. The maximum atomic E-state index is 12.6. The highest BCUT2D eigenvalue weighted by Gasteiger charge is 2.36. The van der Waals surface area contributed by atoms with Crippen LogP contribution in [0.1, 0.15) is 98.3 Å². The van der Waals surface area contributed by atoms with Crippen LogP contribution < -0.4 is 5.32 Å². The van der Waals surface area contributed by atoms with Crippen LogP contribution in [-0.4, -0.2) is 39.1 Å². The molecule has 8 nitrogen and oxygen atoms in total. The van der Waals surface area contributed by atoms with Crippen LogP contribution in [0.4, 0.5) is 5.95 Å². The molecule has 0 aliphatic heterocycles. The lowest BCUT2D eigenvalue weighted by atomic mass is 9.79. The van der Waals surface area contributed by atoms with Crippen molar-refractivity contribution in [3.8, 4) is 0 Å². The number of rotatable bonds is 16. The van der Waals surface area contributed by atoms with Gasteiger partial charge in [0.15, 0.2) is 0 Å². The number of aromatic nitrogens is 4. The van der Waals surface area contributed by atoms with Gasteiger partial charge in [0.2, 0.25) is 5.91 Å². The summed E-state index contributed by atoms with van der Waals surface area (Å²) in [5.74, 6) is -0.705. The highest BCUT2D eigenvalue weighted by atomic mass is 16.5. The van der Waals surface area contributed by atoms with Crippen LogP contribution in [0.3, 0.4) is 0 Å². The van der Waals surface area contributed by atoms with Crippen LogP contribution >= 0.6 is 0 Å². The lowest BCUT2D eigenvalue weighted by Crippen LogP contribution is -2.34.